The first-order valence-electron chi connectivity index (χ1n) is 21.6. The van der Waals surface area contributed by atoms with Crippen LogP contribution in [0.3, 0.4) is 0 Å². The number of carboxylic acid groups (broad SMARTS) is 1. The molecule has 18 nitrogen and oxygen atoms in total. The molecule has 0 aliphatic carbocycles. The van der Waals surface area contributed by atoms with Crippen LogP contribution in [0.15, 0.2) is 116 Å². The van der Waals surface area contributed by atoms with Crippen LogP contribution in [-0.2, 0) is 65.6 Å². The van der Waals surface area contributed by atoms with Gasteiger partial charge in [0.25, 0.3) is 0 Å². The van der Waals surface area contributed by atoms with Gasteiger partial charge in [-0.25, -0.2) is 33.7 Å². The molecule has 2 aliphatic rings. The molecule has 1 N–H and O–H groups in total. The summed E-state index contributed by atoms with van der Waals surface area (Å²) < 4.78 is 162. The zero-order chi connectivity index (χ0) is 50.9. The molecule has 6 rings (SSSR count). The van der Waals surface area contributed by atoms with E-state index < -0.39 is 76.9 Å². The van der Waals surface area contributed by atoms with E-state index in [1.807, 2.05) is 42.4 Å². The van der Waals surface area contributed by atoms with E-state index in [4.69, 9.17) is 9.47 Å². The van der Waals surface area contributed by atoms with Crippen LogP contribution < -0.4 is 4.90 Å². The number of anilines is 1. The van der Waals surface area contributed by atoms with E-state index in [-0.39, 0.29) is 47.6 Å². The minimum atomic E-state index is -5.27. The summed E-state index contributed by atoms with van der Waals surface area (Å²) in [5.74, 6) is -0.935. The van der Waals surface area contributed by atoms with Gasteiger partial charge in [-0.2, -0.15) is 4.58 Å². The topological polar surface area (TPSA) is 291 Å². The molecule has 0 bridgehead atoms. The second-order valence-corrected chi connectivity index (χ2v) is 22.5. The van der Waals surface area contributed by atoms with E-state index in [2.05, 4.69) is 0 Å². The Balaban J connectivity index is 1.44. The first-order valence-corrected chi connectivity index (χ1v) is 27.3. The summed E-state index contributed by atoms with van der Waals surface area (Å²) >= 11 is 0. The fourth-order valence-electron chi connectivity index (χ4n) is 9.61. The van der Waals surface area contributed by atoms with Crippen LogP contribution in [-0.4, -0.2) is 114 Å². The molecule has 0 fully saturated rings. The second-order valence-electron chi connectivity index (χ2n) is 17.1. The predicted octanol–water partition coefficient (Wildman–Crippen LogP) is 6.03. The average Bonchev–Trinajstić information content (AvgIpc) is 3.65. The molecule has 372 valence electrons. The fraction of sp³-hybridized carbons (Fsp3) is 0.362. The Bertz CT molecular complexity index is 3340. The first kappa shape index (κ1) is 53.2. The number of carboxylic acids is 1. The summed E-state index contributed by atoms with van der Waals surface area (Å²) in [4.78, 5) is 9.77. The van der Waals surface area contributed by atoms with E-state index in [1.54, 1.807) is 42.5 Å². The zero-order valence-corrected chi connectivity index (χ0v) is 41.6. The molecule has 22 heteroatoms. The number of nitrogens with zero attached hydrogens (tertiary/aromatic N) is 2. The van der Waals surface area contributed by atoms with E-state index in [0.29, 0.717) is 79.1 Å². The van der Waals surface area contributed by atoms with Crippen molar-refractivity contribution in [2.24, 2.45) is 0 Å². The summed E-state index contributed by atoms with van der Waals surface area (Å²) in [5, 5.41) is 9.31. The average molecular weight is 1030 g/mol. The van der Waals surface area contributed by atoms with Gasteiger partial charge in [0.05, 0.1) is 25.0 Å². The molecule has 2 aliphatic heterocycles. The summed E-state index contributed by atoms with van der Waals surface area (Å²) in [7, 11) is -17.9. The number of unbranched alkanes of at least 4 members (excludes halogenated alkanes) is 2. The highest BCUT2D eigenvalue weighted by molar-refractivity contribution is 7.87. The lowest BCUT2D eigenvalue weighted by molar-refractivity contribution is -0.438. The smallest absolute Gasteiger partial charge is 0.303 e. The molecule has 0 spiro atoms. The lowest BCUT2D eigenvalue weighted by Crippen LogP contribution is -2.33. The number of benzene rings is 4. The third-order valence-electron chi connectivity index (χ3n) is 12.8. The van der Waals surface area contributed by atoms with Crippen LogP contribution in [0, 0.1) is 0 Å². The number of likely N-dealkylation sites (N-methyl/N-ethyl adjacent to an activating group) is 1. The van der Waals surface area contributed by atoms with Gasteiger partial charge >= 0.3 is 5.97 Å². The van der Waals surface area contributed by atoms with Crippen molar-refractivity contribution in [3.63, 3.8) is 0 Å². The molecular weight excluding hydrogens is 977 g/mol. The van der Waals surface area contributed by atoms with Crippen molar-refractivity contribution in [2.75, 3.05) is 45.4 Å². The van der Waals surface area contributed by atoms with Crippen LogP contribution in [0.2, 0.25) is 0 Å². The van der Waals surface area contributed by atoms with Crippen LogP contribution in [0.4, 0.5) is 11.4 Å². The van der Waals surface area contributed by atoms with Gasteiger partial charge in [0.2, 0.25) is 5.69 Å². The predicted molar refractivity (Wildman–Crippen MR) is 252 cm³/mol. The SMILES string of the molecule is CCN1/C(=C/C=C/C=C/C=C/C2=[N+](CCCCCC(=O)O)c3ccc4c(S(=O)(=O)[O-])cc(S(=O)(=O)[O-])cc4c3C2(C)CCOC)C(C)(CCOC)c2c1ccc1c(S(=O)(=O)[O-])cc(S(=O)(=O)[O-])cc21. The molecule has 69 heavy (non-hydrogen) atoms. The second kappa shape index (κ2) is 20.3. The molecule has 4 aromatic carbocycles. The minimum Gasteiger partial charge on any atom is -0.744 e. The standard InChI is InChI=1S/C47H54N2O16S4/c1-6-48-37-20-18-33-35(27-31(66(52,53)54)29-39(33)68(58,59)60)44(37)46(2,22-25-64-4)41(48)15-11-8-7-9-12-16-42-47(3,23-26-65-5)45-36-28-32(67(55,56)57)30-40(69(61,62)63)34(36)19-21-38(45)49(42)24-14-10-13-17-43(50)51/h7-9,11-12,15-16,18-21,27-30H,6,10,13-14,17,22-26H2,1-5H3,(H4-,50,51,52,53,54,55,56,57,58,59,60,61,62,63)/p-3. The van der Waals surface area contributed by atoms with Gasteiger partial charge in [0.1, 0.15) is 47.0 Å². The Morgan fingerprint density at radius 3 is 1.71 bits per heavy atom. The molecule has 0 saturated heterocycles. The summed E-state index contributed by atoms with van der Waals surface area (Å²) in [6.45, 7) is 6.81. The maximum atomic E-state index is 12.5. The number of fused-ring (bicyclic) bond motifs is 6. The molecule has 2 unspecified atom stereocenters. The highest BCUT2D eigenvalue weighted by Crippen LogP contribution is 2.54. The van der Waals surface area contributed by atoms with Crippen molar-refractivity contribution in [1.29, 1.82) is 0 Å². The van der Waals surface area contributed by atoms with Crippen LogP contribution in [0.5, 0.6) is 0 Å². The van der Waals surface area contributed by atoms with E-state index in [1.165, 1.54) is 26.4 Å². The molecule has 2 heterocycles. The van der Waals surface area contributed by atoms with Gasteiger partial charge in [0.15, 0.2) is 5.71 Å². The van der Waals surface area contributed by atoms with Crippen LogP contribution in [0.25, 0.3) is 21.5 Å². The van der Waals surface area contributed by atoms with Gasteiger partial charge in [-0.15, -0.1) is 0 Å². The van der Waals surface area contributed by atoms with E-state index in [0.717, 1.165) is 17.8 Å². The van der Waals surface area contributed by atoms with E-state index >= 15 is 0 Å². The van der Waals surface area contributed by atoms with Gasteiger partial charge in [0, 0.05) is 86.7 Å². The monoisotopic (exact) mass is 1030 g/mol. The number of allylic oxidation sites excluding steroid dienone is 8. The number of hydrogen-bond acceptors (Lipinski definition) is 16. The van der Waals surface area contributed by atoms with Crippen molar-refractivity contribution in [2.45, 2.75) is 89.7 Å². The number of ether oxygens (including phenoxy) is 2. The maximum absolute atomic E-state index is 12.5. The van der Waals surface area contributed by atoms with Gasteiger partial charge in [-0.3, -0.25) is 4.79 Å². The number of carbonyl (C=O) groups is 1. The Kier molecular flexibility index (Phi) is 15.7. The van der Waals surface area contributed by atoms with Gasteiger partial charge in [-0.1, -0.05) is 36.4 Å². The normalized spacial score (nSPS) is 19.7. The van der Waals surface area contributed by atoms with Gasteiger partial charge in [-0.05, 0) is 111 Å². The Morgan fingerprint density at radius 1 is 0.667 bits per heavy atom. The molecule has 4 aromatic rings. The number of aliphatic carboxylic acids is 1. The number of hydrogen-bond donors (Lipinski definition) is 1. The zero-order valence-electron chi connectivity index (χ0n) is 38.3. The summed E-state index contributed by atoms with van der Waals surface area (Å²) in [5.41, 5.74) is 1.57. The van der Waals surface area contributed by atoms with Crippen LogP contribution in [0.1, 0.15) is 70.4 Å². The van der Waals surface area contributed by atoms with Crippen LogP contribution >= 0.6 is 0 Å². The lowest BCUT2D eigenvalue weighted by Gasteiger charge is -2.30. The summed E-state index contributed by atoms with van der Waals surface area (Å²) in [6.07, 6.45) is 14.5. The highest BCUT2D eigenvalue weighted by Gasteiger charge is 2.49. The Hall–Kier alpha value is -5.14. The quantitative estimate of drug-likeness (QED) is 0.0431. The van der Waals surface area contributed by atoms with E-state index in [9.17, 15) is 61.8 Å². The van der Waals surface area contributed by atoms with Crippen molar-refractivity contribution >= 4 is 85.1 Å². The molecule has 0 saturated carbocycles. The van der Waals surface area contributed by atoms with Crippen molar-refractivity contribution < 1.29 is 75.8 Å². The largest absolute Gasteiger partial charge is 0.744 e. The molecule has 0 radical (unpaired) electrons. The van der Waals surface area contributed by atoms with Gasteiger partial charge < -0.3 is 37.7 Å². The highest BCUT2D eigenvalue weighted by atomic mass is 32.2. The third kappa shape index (κ3) is 10.8. The van der Waals surface area contributed by atoms with Crippen molar-refractivity contribution in [3.05, 3.63) is 108 Å². The Morgan fingerprint density at radius 2 is 1.19 bits per heavy atom. The molecule has 0 aromatic heterocycles. The van der Waals surface area contributed by atoms with Crippen molar-refractivity contribution in [1.82, 2.24) is 0 Å². The third-order valence-corrected chi connectivity index (χ3v) is 16.1. The first-order chi connectivity index (χ1) is 32.2. The minimum absolute atomic E-state index is 0.0323. The number of methoxy groups -OCH3 is 2. The van der Waals surface area contributed by atoms with Crippen molar-refractivity contribution in [3.8, 4) is 0 Å². The fourth-order valence-corrected chi connectivity index (χ4v) is 12.2. The summed E-state index contributed by atoms with van der Waals surface area (Å²) in [6, 6.07) is 9.45. The molecule has 0 amide bonds. The molecule has 2 atom stereocenters. The Labute approximate surface area is 401 Å². The number of rotatable bonds is 21. The lowest BCUT2D eigenvalue weighted by atomic mass is 9.75. The maximum Gasteiger partial charge on any atom is 0.303 e. The molecular formula is C47H51N2O16S4-3.